The number of alkyl carbamates (subject to hydrolysis) is 1. The molecule has 6 nitrogen and oxygen atoms in total. The van der Waals surface area contributed by atoms with Crippen molar-refractivity contribution in [3.8, 4) is 0 Å². The van der Waals surface area contributed by atoms with Gasteiger partial charge in [-0.25, -0.2) is 9.59 Å². The number of benzene rings is 1. The minimum absolute atomic E-state index is 0.176. The van der Waals surface area contributed by atoms with E-state index in [0.29, 0.717) is 16.9 Å². The second-order valence-corrected chi connectivity index (χ2v) is 6.69. The zero-order valence-corrected chi connectivity index (χ0v) is 14.9. The van der Waals surface area contributed by atoms with E-state index in [-0.39, 0.29) is 6.54 Å². The second kappa shape index (κ2) is 6.55. The van der Waals surface area contributed by atoms with Gasteiger partial charge in [-0.3, -0.25) is 0 Å². The SMILES string of the molecule is COC(=O)c1cc(C)cc2c(C)c(CNC(=O)OC(C)(C)C)oc12. The Hall–Kier alpha value is -2.50. The summed E-state index contributed by atoms with van der Waals surface area (Å²) in [5, 5.41) is 3.49. The predicted molar refractivity (Wildman–Crippen MR) is 90.1 cm³/mol. The van der Waals surface area contributed by atoms with Crippen molar-refractivity contribution in [1.29, 1.82) is 0 Å². The Bertz CT molecular complexity index is 783. The van der Waals surface area contributed by atoms with Crippen LogP contribution in [0.1, 0.15) is 48.0 Å². The number of carbonyl (C=O) groups excluding carboxylic acids is 2. The van der Waals surface area contributed by atoms with Crippen molar-refractivity contribution in [3.63, 3.8) is 0 Å². The Morgan fingerprint density at radius 2 is 1.88 bits per heavy atom. The van der Waals surface area contributed by atoms with Crippen LogP contribution in [-0.2, 0) is 16.0 Å². The minimum Gasteiger partial charge on any atom is -0.465 e. The molecule has 0 spiro atoms. The summed E-state index contributed by atoms with van der Waals surface area (Å²) >= 11 is 0. The van der Waals surface area contributed by atoms with Gasteiger partial charge in [0, 0.05) is 10.9 Å². The highest BCUT2D eigenvalue weighted by Crippen LogP contribution is 2.30. The maximum atomic E-state index is 12.0. The highest BCUT2D eigenvalue weighted by molar-refractivity contribution is 6.03. The number of ether oxygens (including phenoxy) is 2. The number of hydrogen-bond donors (Lipinski definition) is 1. The molecule has 6 heteroatoms. The van der Waals surface area contributed by atoms with E-state index in [0.717, 1.165) is 16.5 Å². The van der Waals surface area contributed by atoms with Crippen LogP contribution in [0.15, 0.2) is 16.5 Å². The van der Waals surface area contributed by atoms with Crippen molar-refractivity contribution in [2.45, 2.75) is 46.8 Å². The van der Waals surface area contributed by atoms with Gasteiger partial charge in [0.1, 0.15) is 22.5 Å². The second-order valence-electron chi connectivity index (χ2n) is 6.69. The van der Waals surface area contributed by atoms with E-state index in [9.17, 15) is 9.59 Å². The first-order valence-corrected chi connectivity index (χ1v) is 7.70. The van der Waals surface area contributed by atoms with Crippen molar-refractivity contribution < 1.29 is 23.5 Å². The maximum absolute atomic E-state index is 12.0. The van der Waals surface area contributed by atoms with Gasteiger partial charge >= 0.3 is 12.1 Å². The normalized spacial score (nSPS) is 11.4. The number of furan rings is 1. The van der Waals surface area contributed by atoms with Gasteiger partial charge in [-0.1, -0.05) is 0 Å². The number of esters is 1. The molecule has 2 aromatic rings. The van der Waals surface area contributed by atoms with Crippen LogP contribution in [0.5, 0.6) is 0 Å². The third kappa shape index (κ3) is 3.88. The monoisotopic (exact) mass is 333 g/mol. The van der Waals surface area contributed by atoms with Crippen LogP contribution >= 0.6 is 0 Å². The first-order valence-electron chi connectivity index (χ1n) is 7.70. The number of carbonyl (C=O) groups is 2. The number of fused-ring (bicyclic) bond motifs is 1. The molecule has 0 saturated heterocycles. The van der Waals surface area contributed by atoms with Crippen LogP contribution in [0.3, 0.4) is 0 Å². The highest BCUT2D eigenvalue weighted by Gasteiger charge is 2.20. The molecule has 1 N–H and O–H groups in total. The van der Waals surface area contributed by atoms with E-state index in [4.69, 9.17) is 13.9 Å². The largest absolute Gasteiger partial charge is 0.465 e. The Labute approximate surface area is 141 Å². The molecule has 1 amide bonds. The summed E-state index contributed by atoms with van der Waals surface area (Å²) in [6.07, 6.45) is -0.522. The van der Waals surface area contributed by atoms with Gasteiger partial charge < -0.3 is 19.2 Å². The number of aryl methyl sites for hydroxylation is 2. The molecule has 0 aliphatic carbocycles. The zero-order chi connectivity index (χ0) is 18.1. The number of methoxy groups -OCH3 is 1. The van der Waals surface area contributed by atoms with Crippen LogP contribution in [-0.4, -0.2) is 24.8 Å². The highest BCUT2D eigenvalue weighted by atomic mass is 16.6. The first-order chi connectivity index (χ1) is 11.1. The molecule has 0 bridgehead atoms. The van der Waals surface area contributed by atoms with Gasteiger partial charge in [0.15, 0.2) is 0 Å². The van der Waals surface area contributed by atoms with Gasteiger partial charge in [0.25, 0.3) is 0 Å². The minimum atomic E-state index is -0.567. The van der Waals surface area contributed by atoms with Crippen LogP contribution in [0.2, 0.25) is 0 Å². The van der Waals surface area contributed by atoms with Gasteiger partial charge in [0.2, 0.25) is 0 Å². The number of hydrogen-bond acceptors (Lipinski definition) is 5. The summed E-state index contributed by atoms with van der Waals surface area (Å²) in [5.74, 6) is 0.121. The van der Waals surface area contributed by atoms with Gasteiger partial charge in [-0.2, -0.15) is 0 Å². The van der Waals surface area contributed by atoms with E-state index < -0.39 is 17.7 Å². The molecule has 0 radical (unpaired) electrons. The summed E-state index contributed by atoms with van der Waals surface area (Å²) in [6.45, 7) is 9.35. The lowest BCUT2D eigenvalue weighted by Gasteiger charge is -2.19. The molecule has 24 heavy (non-hydrogen) atoms. The van der Waals surface area contributed by atoms with Gasteiger partial charge in [0.05, 0.1) is 13.7 Å². The maximum Gasteiger partial charge on any atom is 0.408 e. The molecule has 1 aromatic carbocycles. The molecule has 1 heterocycles. The lowest BCUT2D eigenvalue weighted by molar-refractivity contribution is 0.0518. The van der Waals surface area contributed by atoms with Crippen LogP contribution in [0.25, 0.3) is 11.0 Å². The Morgan fingerprint density at radius 3 is 2.46 bits per heavy atom. The molecule has 2 rings (SSSR count). The molecule has 0 saturated carbocycles. The summed E-state index contributed by atoms with van der Waals surface area (Å²) in [6, 6.07) is 3.67. The number of nitrogens with one attached hydrogen (secondary N) is 1. The predicted octanol–water partition coefficient (Wildman–Crippen LogP) is 3.86. The molecule has 1 aromatic heterocycles. The van der Waals surface area contributed by atoms with E-state index >= 15 is 0 Å². The third-order valence-electron chi connectivity index (χ3n) is 3.48. The standard InChI is InChI=1S/C18H23NO5/c1-10-7-12-11(2)14(9-19-17(21)24-18(3,4)5)23-15(12)13(8-10)16(20)22-6/h7-8H,9H2,1-6H3,(H,19,21). The summed E-state index contributed by atoms with van der Waals surface area (Å²) in [7, 11) is 1.33. The van der Waals surface area contributed by atoms with Crippen LogP contribution < -0.4 is 5.32 Å². The molecule has 0 unspecified atom stereocenters. The molecule has 0 aliphatic rings. The lowest BCUT2D eigenvalue weighted by Crippen LogP contribution is -2.32. The topological polar surface area (TPSA) is 77.8 Å². The fourth-order valence-electron chi connectivity index (χ4n) is 2.41. The molecule has 0 fully saturated rings. The van der Waals surface area contributed by atoms with E-state index in [1.807, 2.05) is 19.9 Å². The average Bonchev–Trinajstić information content (AvgIpc) is 2.78. The smallest absolute Gasteiger partial charge is 0.408 e. The molecular weight excluding hydrogens is 310 g/mol. The van der Waals surface area contributed by atoms with Crippen molar-refractivity contribution in [1.82, 2.24) is 5.32 Å². The van der Waals surface area contributed by atoms with Gasteiger partial charge in [-0.15, -0.1) is 0 Å². The fourth-order valence-corrected chi connectivity index (χ4v) is 2.41. The Kier molecular flexibility index (Phi) is 4.87. The Balaban J connectivity index is 2.31. The molecule has 130 valence electrons. The molecular formula is C18H23NO5. The fraction of sp³-hybridized carbons (Fsp3) is 0.444. The van der Waals surface area contributed by atoms with Crippen molar-refractivity contribution >= 4 is 23.0 Å². The Morgan fingerprint density at radius 1 is 1.21 bits per heavy atom. The van der Waals surface area contributed by atoms with Crippen LogP contribution in [0, 0.1) is 13.8 Å². The number of rotatable bonds is 3. The van der Waals surface area contributed by atoms with E-state index in [2.05, 4.69) is 5.32 Å². The number of amides is 1. The van der Waals surface area contributed by atoms with Gasteiger partial charge in [-0.05, 0) is 52.3 Å². The summed E-state index contributed by atoms with van der Waals surface area (Å²) in [5.41, 5.74) is 2.07. The summed E-state index contributed by atoms with van der Waals surface area (Å²) in [4.78, 5) is 23.7. The lowest BCUT2D eigenvalue weighted by atomic mass is 10.0. The first kappa shape index (κ1) is 17.8. The van der Waals surface area contributed by atoms with E-state index in [1.165, 1.54) is 7.11 Å². The zero-order valence-electron chi connectivity index (χ0n) is 14.9. The summed E-state index contributed by atoms with van der Waals surface area (Å²) < 4.78 is 15.8. The van der Waals surface area contributed by atoms with Crippen molar-refractivity contribution in [2.24, 2.45) is 0 Å². The average molecular weight is 333 g/mol. The van der Waals surface area contributed by atoms with Crippen LogP contribution in [0.4, 0.5) is 4.79 Å². The van der Waals surface area contributed by atoms with Crippen molar-refractivity contribution in [2.75, 3.05) is 7.11 Å². The van der Waals surface area contributed by atoms with Crippen molar-refractivity contribution in [3.05, 3.63) is 34.6 Å². The molecule has 0 aliphatic heterocycles. The quantitative estimate of drug-likeness (QED) is 0.863. The van der Waals surface area contributed by atoms with E-state index in [1.54, 1.807) is 26.8 Å². The molecule has 0 atom stereocenters. The third-order valence-corrected chi connectivity index (χ3v) is 3.48.